The Bertz CT molecular complexity index is 594. The van der Waals surface area contributed by atoms with E-state index in [0.717, 1.165) is 17.7 Å². The van der Waals surface area contributed by atoms with Crippen molar-refractivity contribution >= 4 is 5.91 Å². The van der Waals surface area contributed by atoms with E-state index in [-0.39, 0.29) is 6.04 Å². The number of hydrogen-bond acceptors (Lipinski definition) is 3. The Morgan fingerprint density at radius 2 is 1.85 bits per heavy atom. The van der Waals surface area contributed by atoms with Crippen molar-refractivity contribution in [3.63, 3.8) is 0 Å². The molecule has 4 nitrogen and oxygen atoms in total. The molecule has 0 aliphatic heterocycles. The molecule has 0 spiro atoms. The molecule has 0 aliphatic carbocycles. The number of ether oxygens (including phenoxy) is 1. The van der Waals surface area contributed by atoms with Crippen LogP contribution >= 0.6 is 0 Å². The van der Waals surface area contributed by atoms with Gasteiger partial charge in [-0.25, -0.2) is 0 Å². The van der Waals surface area contributed by atoms with E-state index in [2.05, 4.69) is 0 Å². The number of benzene rings is 2. The van der Waals surface area contributed by atoms with Gasteiger partial charge in [0.15, 0.2) is 0 Å². The second-order valence-corrected chi connectivity index (χ2v) is 4.58. The minimum Gasteiger partial charge on any atom is -0.457 e. The fourth-order valence-corrected chi connectivity index (χ4v) is 1.87. The van der Waals surface area contributed by atoms with Crippen molar-refractivity contribution in [2.75, 3.05) is 0 Å². The Labute approximate surface area is 118 Å². The predicted octanol–water partition coefficient (Wildman–Crippen LogP) is 2.99. The van der Waals surface area contributed by atoms with Crippen LogP contribution in [0.1, 0.15) is 35.3 Å². The minimum atomic E-state index is -0.451. The molecule has 20 heavy (non-hydrogen) atoms. The smallest absolute Gasteiger partial charge is 0.248 e. The number of nitrogens with two attached hydrogens (primary N) is 2. The average molecular weight is 270 g/mol. The van der Waals surface area contributed by atoms with E-state index in [1.54, 1.807) is 24.3 Å². The Hall–Kier alpha value is -2.33. The molecule has 1 unspecified atom stereocenters. The molecule has 0 fully saturated rings. The van der Waals surface area contributed by atoms with Crippen LogP contribution in [0.5, 0.6) is 11.5 Å². The summed E-state index contributed by atoms with van der Waals surface area (Å²) in [5.74, 6) is 0.919. The highest BCUT2D eigenvalue weighted by Crippen LogP contribution is 2.25. The van der Waals surface area contributed by atoms with Crippen molar-refractivity contribution in [1.29, 1.82) is 0 Å². The van der Waals surface area contributed by atoms with E-state index < -0.39 is 5.91 Å². The fraction of sp³-hybridized carbons (Fsp3) is 0.188. The first-order chi connectivity index (χ1) is 9.60. The maximum Gasteiger partial charge on any atom is 0.248 e. The highest BCUT2D eigenvalue weighted by Gasteiger charge is 2.05. The van der Waals surface area contributed by atoms with E-state index in [1.807, 2.05) is 31.2 Å². The van der Waals surface area contributed by atoms with Crippen molar-refractivity contribution < 1.29 is 9.53 Å². The molecular formula is C16H18N2O2. The summed E-state index contributed by atoms with van der Waals surface area (Å²) in [4.78, 5) is 11.0. The number of carbonyl (C=O) groups excluding carboxylic acids is 1. The zero-order valence-corrected chi connectivity index (χ0v) is 11.4. The van der Waals surface area contributed by atoms with Gasteiger partial charge in [-0.3, -0.25) is 4.79 Å². The third kappa shape index (κ3) is 3.36. The number of amides is 1. The molecule has 2 rings (SSSR count). The molecule has 2 aromatic rings. The van der Waals surface area contributed by atoms with Crippen LogP contribution in [0.2, 0.25) is 0 Å². The number of carbonyl (C=O) groups is 1. The molecule has 2 aromatic carbocycles. The summed E-state index contributed by atoms with van der Waals surface area (Å²) < 4.78 is 5.74. The zero-order valence-electron chi connectivity index (χ0n) is 11.4. The molecule has 104 valence electrons. The highest BCUT2D eigenvalue weighted by molar-refractivity contribution is 5.92. The third-order valence-corrected chi connectivity index (χ3v) is 3.10. The van der Waals surface area contributed by atoms with Crippen molar-refractivity contribution in [3.8, 4) is 11.5 Å². The first-order valence-corrected chi connectivity index (χ1v) is 6.53. The lowest BCUT2D eigenvalue weighted by Crippen LogP contribution is -2.10. The van der Waals surface area contributed by atoms with Gasteiger partial charge >= 0.3 is 0 Å². The van der Waals surface area contributed by atoms with Crippen LogP contribution in [0.3, 0.4) is 0 Å². The van der Waals surface area contributed by atoms with E-state index in [9.17, 15) is 4.79 Å². The monoisotopic (exact) mass is 270 g/mol. The van der Waals surface area contributed by atoms with Gasteiger partial charge in [-0.05, 0) is 48.4 Å². The molecule has 0 radical (unpaired) electrons. The van der Waals surface area contributed by atoms with Gasteiger partial charge < -0.3 is 16.2 Å². The molecule has 4 N–H and O–H groups in total. The van der Waals surface area contributed by atoms with Gasteiger partial charge in [-0.2, -0.15) is 0 Å². The molecule has 0 aliphatic rings. The first kappa shape index (κ1) is 14.1. The molecule has 4 heteroatoms. The van der Waals surface area contributed by atoms with E-state index >= 15 is 0 Å². The summed E-state index contributed by atoms with van der Waals surface area (Å²) in [6.07, 6.45) is 0.872. The van der Waals surface area contributed by atoms with Gasteiger partial charge in [0.2, 0.25) is 5.91 Å². The Kier molecular flexibility index (Phi) is 4.38. The summed E-state index contributed by atoms with van der Waals surface area (Å²) in [5.41, 5.74) is 12.7. The summed E-state index contributed by atoms with van der Waals surface area (Å²) in [5, 5.41) is 0. The van der Waals surface area contributed by atoms with Crippen molar-refractivity contribution in [3.05, 3.63) is 59.7 Å². The quantitative estimate of drug-likeness (QED) is 0.876. The standard InChI is InChI=1S/C16H18N2O2/c1-2-15(17)12-4-3-5-14(10-12)20-13-8-6-11(7-9-13)16(18)19/h3-10,15H,2,17H2,1H3,(H2,18,19). The lowest BCUT2D eigenvalue weighted by atomic mass is 10.1. The lowest BCUT2D eigenvalue weighted by Gasteiger charge is -2.11. The van der Waals surface area contributed by atoms with Gasteiger partial charge in [0, 0.05) is 11.6 Å². The molecule has 0 saturated carbocycles. The van der Waals surface area contributed by atoms with Gasteiger partial charge in [0.1, 0.15) is 11.5 Å². The van der Waals surface area contributed by atoms with Crippen LogP contribution in [-0.2, 0) is 0 Å². The highest BCUT2D eigenvalue weighted by atomic mass is 16.5. The molecule has 0 saturated heterocycles. The second-order valence-electron chi connectivity index (χ2n) is 4.58. The molecule has 0 heterocycles. The summed E-state index contributed by atoms with van der Waals surface area (Å²) in [6, 6.07) is 14.4. The van der Waals surface area contributed by atoms with Crippen LogP contribution in [0.4, 0.5) is 0 Å². The molecule has 1 amide bonds. The Morgan fingerprint density at radius 1 is 1.15 bits per heavy atom. The van der Waals surface area contributed by atoms with Gasteiger partial charge in [0.25, 0.3) is 0 Å². The normalized spacial score (nSPS) is 11.9. The maximum atomic E-state index is 11.0. The Morgan fingerprint density at radius 3 is 2.45 bits per heavy atom. The summed E-state index contributed by atoms with van der Waals surface area (Å²) in [6.45, 7) is 2.04. The molecule has 1 atom stereocenters. The number of rotatable bonds is 5. The number of primary amides is 1. The van der Waals surface area contributed by atoms with E-state index in [1.165, 1.54) is 0 Å². The van der Waals surface area contributed by atoms with Crippen molar-refractivity contribution in [2.24, 2.45) is 11.5 Å². The zero-order chi connectivity index (χ0) is 14.5. The van der Waals surface area contributed by atoms with Crippen LogP contribution < -0.4 is 16.2 Å². The molecule has 0 bridgehead atoms. The molecular weight excluding hydrogens is 252 g/mol. The van der Waals surface area contributed by atoms with Crippen molar-refractivity contribution in [2.45, 2.75) is 19.4 Å². The van der Waals surface area contributed by atoms with Gasteiger partial charge in [-0.1, -0.05) is 19.1 Å². The minimum absolute atomic E-state index is 0.00999. The average Bonchev–Trinajstić information content (AvgIpc) is 2.47. The van der Waals surface area contributed by atoms with Crippen LogP contribution in [0.25, 0.3) is 0 Å². The number of hydrogen-bond donors (Lipinski definition) is 2. The van der Waals surface area contributed by atoms with Crippen LogP contribution in [-0.4, -0.2) is 5.91 Å². The first-order valence-electron chi connectivity index (χ1n) is 6.53. The van der Waals surface area contributed by atoms with Gasteiger partial charge in [-0.15, -0.1) is 0 Å². The topological polar surface area (TPSA) is 78.3 Å². The van der Waals surface area contributed by atoms with E-state index in [4.69, 9.17) is 16.2 Å². The third-order valence-electron chi connectivity index (χ3n) is 3.10. The fourth-order valence-electron chi connectivity index (χ4n) is 1.87. The lowest BCUT2D eigenvalue weighted by molar-refractivity contribution is 0.100. The second kappa shape index (κ2) is 6.21. The SMILES string of the molecule is CCC(N)c1cccc(Oc2ccc(C(N)=O)cc2)c1. The van der Waals surface area contributed by atoms with E-state index in [0.29, 0.717) is 11.3 Å². The van der Waals surface area contributed by atoms with Gasteiger partial charge in [0.05, 0.1) is 0 Å². The summed E-state index contributed by atoms with van der Waals surface area (Å²) >= 11 is 0. The Balaban J connectivity index is 2.15. The van der Waals surface area contributed by atoms with Crippen LogP contribution in [0.15, 0.2) is 48.5 Å². The maximum absolute atomic E-state index is 11.0. The summed E-state index contributed by atoms with van der Waals surface area (Å²) in [7, 11) is 0. The van der Waals surface area contributed by atoms with Crippen molar-refractivity contribution in [1.82, 2.24) is 0 Å². The predicted molar refractivity (Wildman–Crippen MR) is 78.7 cm³/mol. The largest absolute Gasteiger partial charge is 0.457 e. The van der Waals surface area contributed by atoms with Crippen LogP contribution in [0, 0.1) is 0 Å². The molecule has 0 aromatic heterocycles.